The second kappa shape index (κ2) is 10.1. The maximum Gasteiger partial charge on any atom is 0.415 e. The number of carbonyl (C=O) groups is 1. The normalized spacial score (nSPS) is 26.2. The van der Waals surface area contributed by atoms with Crippen LogP contribution in [0.5, 0.6) is 0 Å². The van der Waals surface area contributed by atoms with Crippen LogP contribution in [0.1, 0.15) is 45.1 Å². The van der Waals surface area contributed by atoms with E-state index in [1.165, 1.54) is 11.1 Å². The Kier molecular flexibility index (Phi) is 6.64. The molecule has 202 valence electrons. The minimum Gasteiger partial charge on any atom is -0.441 e. The molecule has 39 heavy (non-hydrogen) atoms. The number of fused-ring (bicyclic) bond motifs is 1. The Bertz CT molecular complexity index is 1340. The summed E-state index contributed by atoms with van der Waals surface area (Å²) in [5, 5.41) is 9.07. The Labute approximate surface area is 229 Å². The van der Waals surface area contributed by atoms with E-state index < -0.39 is 5.60 Å². The lowest BCUT2D eigenvalue weighted by Crippen LogP contribution is -2.47. The molecule has 1 aromatic rings. The van der Waals surface area contributed by atoms with Crippen molar-refractivity contribution in [2.24, 2.45) is 10.9 Å². The minimum absolute atomic E-state index is 0.229. The average Bonchev–Trinajstić information content (AvgIpc) is 3.48. The van der Waals surface area contributed by atoms with Gasteiger partial charge in [-0.1, -0.05) is 18.2 Å². The highest BCUT2D eigenvalue weighted by Crippen LogP contribution is 2.44. The molecule has 0 radical (unpaired) electrons. The smallest absolute Gasteiger partial charge is 0.415 e. The van der Waals surface area contributed by atoms with E-state index >= 15 is 0 Å². The molecule has 0 N–H and O–H groups in total. The highest BCUT2D eigenvalue weighted by atomic mass is 19.1. The fourth-order valence-electron chi connectivity index (χ4n) is 6.57. The summed E-state index contributed by atoms with van der Waals surface area (Å²) in [4.78, 5) is 23.4. The van der Waals surface area contributed by atoms with Gasteiger partial charge in [0.25, 0.3) is 0 Å². The van der Waals surface area contributed by atoms with Crippen molar-refractivity contribution >= 4 is 17.7 Å². The third-order valence-electron chi connectivity index (χ3n) is 8.70. The maximum absolute atomic E-state index is 13.6. The van der Waals surface area contributed by atoms with Crippen LogP contribution in [0.4, 0.5) is 14.9 Å². The molecule has 1 amide bonds. The van der Waals surface area contributed by atoms with Crippen LogP contribution in [0.25, 0.3) is 0 Å². The molecule has 4 heterocycles. The first-order valence-electron chi connectivity index (χ1n) is 13.9. The number of rotatable bonds is 5. The van der Waals surface area contributed by atoms with E-state index in [-0.39, 0.29) is 24.0 Å². The summed E-state index contributed by atoms with van der Waals surface area (Å²) in [5.74, 6) is -0.0621. The number of benzene rings is 1. The molecule has 2 saturated heterocycles. The van der Waals surface area contributed by atoms with Crippen LogP contribution in [-0.4, -0.2) is 65.7 Å². The van der Waals surface area contributed by atoms with Gasteiger partial charge >= 0.3 is 6.09 Å². The van der Waals surface area contributed by atoms with E-state index in [9.17, 15) is 9.18 Å². The molecule has 7 nitrogen and oxygen atoms in total. The largest absolute Gasteiger partial charge is 0.441 e. The quantitative estimate of drug-likeness (QED) is 0.507. The maximum atomic E-state index is 13.6. The standard InChI is InChI=1S/C31H34FN5O2/c1-21(2)36-19-24(29-26(4-3-5-27(29)36)23-8-11-28(32)34-17-23)18-35-14-12-31(13-15-35)20-37(30(38)39-31)25-9-6-22(16-33)7-10-25/h3-7,9-10,17,19,21,27,29H,8,11-15,18,20H2,1-2H3. The number of halogens is 1. The number of carbonyl (C=O) groups excluding carboxylic acids is 1. The zero-order chi connectivity index (χ0) is 27.1. The van der Waals surface area contributed by atoms with Crippen LogP contribution in [0, 0.1) is 17.2 Å². The molecule has 4 aliphatic heterocycles. The zero-order valence-corrected chi connectivity index (χ0v) is 22.5. The van der Waals surface area contributed by atoms with Crippen molar-refractivity contribution in [2.75, 3.05) is 31.1 Å². The summed E-state index contributed by atoms with van der Waals surface area (Å²) in [7, 11) is 0. The fraction of sp³-hybridized carbons (Fsp3) is 0.452. The number of hydrogen-bond donors (Lipinski definition) is 0. The molecule has 5 aliphatic rings. The van der Waals surface area contributed by atoms with Crippen LogP contribution >= 0.6 is 0 Å². The van der Waals surface area contributed by atoms with Crippen molar-refractivity contribution in [3.8, 4) is 6.07 Å². The summed E-state index contributed by atoms with van der Waals surface area (Å²) in [5.41, 5.74) is 4.61. The van der Waals surface area contributed by atoms with Gasteiger partial charge in [0.1, 0.15) is 5.60 Å². The number of nitrogens with zero attached hydrogens (tertiary/aromatic N) is 5. The lowest BCUT2D eigenvalue weighted by molar-refractivity contribution is 0.00274. The first-order chi connectivity index (χ1) is 18.9. The molecule has 8 heteroatoms. The molecule has 2 fully saturated rings. The lowest BCUT2D eigenvalue weighted by Gasteiger charge is -2.39. The molecule has 0 saturated carbocycles. The van der Waals surface area contributed by atoms with Gasteiger partial charge in [-0.05, 0) is 61.3 Å². The summed E-state index contributed by atoms with van der Waals surface area (Å²) in [6.07, 6.45) is 13.0. The molecule has 0 aromatic heterocycles. The van der Waals surface area contributed by atoms with Crippen LogP contribution in [-0.2, 0) is 4.74 Å². The van der Waals surface area contributed by atoms with Crippen molar-refractivity contribution in [2.45, 2.75) is 57.2 Å². The first-order valence-corrected chi connectivity index (χ1v) is 13.9. The van der Waals surface area contributed by atoms with Gasteiger partial charge in [-0.25, -0.2) is 9.79 Å². The van der Waals surface area contributed by atoms with Gasteiger partial charge in [0.2, 0.25) is 0 Å². The van der Waals surface area contributed by atoms with Crippen molar-refractivity contribution in [1.82, 2.24) is 9.80 Å². The van der Waals surface area contributed by atoms with Gasteiger partial charge in [0.15, 0.2) is 5.97 Å². The summed E-state index contributed by atoms with van der Waals surface area (Å²) < 4.78 is 19.6. The van der Waals surface area contributed by atoms with Crippen LogP contribution in [0.15, 0.2) is 76.6 Å². The van der Waals surface area contributed by atoms with E-state index in [0.29, 0.717) is 31.0 Å². The predicted molar refractivity (Wildman–Crippen MR) is 149 cm³/mol. The van der Waals surface area contributed by atoms with Crippen LogP contribution in [0.2, 0.25) is 0 Å². The molecule has 2 atom stereocenters. The number of aliphatic imine (C=N–C) groups is 1. The molecule has 1 aromatic carbocycles. The summed E-state index contributed by atoms with van der Waals surface area (Å²) in [6, 6.07) is 9.82. The first kappa shape index (κ1) is 25.6. The van der Waals surface area contributed by atoms with E-state index in [0.717, 1.165) is 43.7 Å². The molecule has 0 bridgehead atoms. The van der Waals surface area contributed by atoms with Crippen molar-refractivity contribution in [3.63, 3.8) is 0 Å². The van der Waals surface area contributed by atoms with Gasteiger partial charge in [-0.15, -0.1) is 0 Å². The van der Waals surface area contributed by atoms with Crippen molar-refractivity contribution in [3.05, 3.63) is 77.2 Å². The van der Waals surface area contributed by atoms with Crippen molar-refractivity contribution in [1.29, 1.82) is 5.26 Å². The summed E-state index contributed by atoms with van der Waals surface area (Å²) >= 11 is 0. The number of amides is 1. The summed E-state index contributed by atoms with van der Waals surface area (Å²) in [6.45, 7) is 7.52. The minimum atomic E-state index is -0.480. The zero-order valence-electron chi connectivity index (χ0n) is 22.5. The van der Waals surface area contributed by atoms with E-state index in [1.54, 1.807) is 23.2 Å². The monoisotopic (exact) mass is 527 g/mol. The molecule has 2 unspecified atom stereocenters. The Morgan fingerprint density at radius 3 is 2.64 bits per heavy atom. The van der Waals surface area contributed by atoms with E-state index in [4.69, 9.17) is 10.00 Å². The molecule has 1 aliphatic carbocycles. The Balaban J connectivity index is 1.15. The van der Waals surface area contributed by atoms with Crippen molar-refractivity contribution < 1.29 is 13.9 Å². The number of hydrogen-bond acceptors (Lipinski definition) is 6. The highest BCUT2D eigenvalue weighted by Gasteiger charge is 2.48. The average molecular weight is 528 g/mol. The van der Waals surface area contributed by atoms with E-state index in [1.807, 2.05) is 12.1 Å². The van der Waals surface area contributed by atoms with Crippen LogP contribution in [0.3, 0.4) is 0 Å². The third kappa shape index (κ3) is 4.80. The number of likely N-dealkylation sites (tertiary alicyclic amines) is 1. The second-order valence-electron chi connectivity index (χ2n) is 11.5. The molecule has 1 spiro atoms. The Morgan fingerprint density at radius 2 is 1.97 bits per heavy atom. The second-order valence-corrected chi connectivity index (χ2v) is 11.5. The number of nitriles is 1. The topological polar surface area (TPSA) is 72.2 Å². The molecule has 6 rings (SSSR count). The number of ether oxygens (including phenoxy) is 1. The van der Waals surface area contributed by atoms with Gasteiger partial charge in [0, 0.05) is 68.9 Å². The SMILES string of the molecule is CC(C)N1C=C(CN2CCC3(CC2)CN(c2ccc(C#N)cc2)C(=O)O3)C2C(C3=CN=C(F)CC3)=CC=CC21. The van der Waals surface area contributed by atoms with Gasteiger partial charge in [-0.3, -0.25) is 9.80 Å². The number of anilines is 1. The lowest BCUT2D eigenvalue weighted by atomic mass is 9.78. The van der Waals surface area contributed by atoms with Gasteiger partial charge in [-0.2, -0.15) is 9.65 Å². The van der Waals surface area contributed by atoms with Gasteiger partial charge in [0.05, 0.1) is 24.2 Å². The fourth-order valence-corrected chi connectivity index (χ4v) is 6.57. The number of piperidine rings is 1. The number of allylic oxidation sites excluding steroid dienone is 3. The van der Waals surface area contributed by atoms with E-state index in [2.05, 4.69) is 59.1 Å². The Hall–Kier alpha value is -3.70. The van der Waals surface area contributed by atoms with Crippen LogP contribution < -0.4 is 4.90 Å². The highest BCUT2D eigenvalue weighted by molar-refractivity contribution is 5.90. The molecular formula is C31H34FN5O2. The Morgan fingerprint density at radius 1 is 1.21 bits per heavy atom. The molecular weight excluding hydrogens is 493 g/mol. The van der Waals surface area contributed by atoms with Gasteiger partial charge < -0.3 is 9.64 Å². The predicted octanol–water partition coefficient (Wildman–Crippen LogP) is 5.48. The third-order valence-corrected chi connectivity index (χ3v) is 8.70.